The maximum atomic E-state index is 8.67. The van der Waals surface area contributed by atoms with Crippen LogP contribution in [0.4, 0.5) is 0 Å². The van der Waals surface area contributed by atoms with E-state index in [-0.39, 0.29) is 12.3 Å². The molecule has 0 atom stereocenters. The van der Waals surface area contributed by atoms with E-state index in [1.54, 1.807) is 18.7 Å². The van der Waals surface area contributed by atoms with Crippen LogP contribution in [-0.4, -0.2) is 23.3 Å². The van der Waals surface area contributed by atoms with E-state index in [4.69, 9.17) is 13.3 Å². The summed E-state index contributed by atoms with van der Waals surface area (Å²) in [5.74, 6) is 0. The third-order valence-corrected chi connectivity index (χ3v) is 0.406. The molecule has 9 N–H and O–H groups in total. The topological polar surface area (TPSA) is 156 Å². The third-order valence-electron chi connectivity index (χ3n) is 0.406. The smallest absolute Gasteiger partial charge is 0.299 e. The summed E-state index contributed by atoms with van der Waals surface area (Å²) < 4.78 is 22.8. The summed E-state index contributed by atoms with van der Waals surface area (Å²) in [4.78, 5) is 6.42. The van der Waals surface area contributed by atoms with Gasteiger partial charge < -0.3 is 17.3 Å². The van der Waals surface area contributed by atoms with E-state index < -0.39 is 11.4 Å². The third kappa shape index (κ3) is 27.0. The number of hydrogen-bond donors (Lipinski definition) is 5. The van der Waals surface area contributed by atoms with E-state index in [9.17, 15) is 0 Å². The van der Waals surface area contributed by atoms with Crippen LogP contribution in [0, 0.1) is 0 Å². The van der Waals surface area contributed by atoms with Gasteiger partial charge in [0, 0.05) is 12.4 Å². The quantitative estimate of drug-likeness (QED) is 0.367. The molecule has 1 rings (SSSR count). The first-order chi connectivity index (χ1) is 4.23. The van der Waals surface area contributed by atoms with Crippen LogP contribution in [0.1, 0.15) is 0 Å². The number of aromatic nitrogens is 2. The fourth-order valence-electron chi connectivity index (χ4n) is 0.215. The minimum atomic E-state index is -2.61. The van der Waals surface area contributed by atoms with Gasteiger partial charge in [-0.05, 0) is 0 Å². The summed E-state index contributed by atoms with van der Waals surface area (Å²) in [6.45, 7) is 0. The van der Waals surface area contributed by atoms with Gasteiger partial charge in [-0.3, -0.25) is 9.11 Å². The lowest BCUT2D eigenvalue weighted by Crippen LogP contribution is -1.74. The number of nitrogens with zero attached hydrogens (tertiary/aromatic N) is 1. The highest BCUT2D eigenvalue weighted by Gasteiger charge is 1.62. The summed E-state index contributed by atoms with van der Waals surface area (Å²) in [7, 11) is 0. The molecule has 68 valence electrons. The molecule has 0 saturated heterocycles. The number of aromatic amines is 1. The Bertz CT molecular complexity index is 134. The molecule has 0 spiro atoms. The van der Waals surface area contributed by atoms with Gasteiger partial charge in [0.2, 0.25) is 0 Å². The molecule has 0 aromatic carbocycles. The molecular formula is C3H12N4O3S. The van der Waals surface area contributed by atoms with E-state index in [1.807, 2.05) is 0 Å². The van der Waals surface area contributed by atoms with Crippen molar-refractivity contribution in [3.8, 4) is 0 Å². The van der Waals surface area contributed by atoms with Gasteiger partial charge in [0.25, 0.3) is 11.4 Å². The van der Waals surface area contributed by atoms with Gasteiger partial charge in [-0.1, -0.05) is 0 Å². The molecule has 1 aromatic heterocycles. The van der Waals surface area contributed by atoms with Crippen molar-refractivity contribution >= 4 is 11.4 Å². The van der Waals surface area contributed by atoms with Crippen molar-refractivity contribution in [2.45, 2.75) is 0 Å². The lowest BCUT2D eigenvalue weighted by molar-refractivity contribution is 0.454. The van der Waals surface area contributed by atoms with E-state index >= 15 is 0 Å². The molecule has 0 unspecified atom stereocenters. The SMILES string of the molecule is N.N.O=S(O)O.c1c[nH]cn1. The molecule has 0 bridgehead atoms. The van der Waals surface area contributed by atoms with Crippen LogP contribution in [0.5, 0.6) is 0 Å². The van der Waals surface area contributed by atoms with Gasteiger partial charge >= 0.3 is 0 Å². The van der Waals surface area contributed by atoms with E-state index in [0.717, 1.165) is 0 Å². The highest BCUT2D eigenvalue weighted by atomic mass is 32.2. The fraction of sp³-hybridized carbons (Fsp3) is 0. The van der Waals surface area contributed by atoms with Crippen LogP contribution >= 0.6 is 0 Å². The van der Waals surface area contributed by atoms with Gasteiger partial charge in [0.15, 0.2) is 0 Å². The lowest BCUT2D eigenvalue weighted by Gasteiger charge is -1.59. The first-order valence-corrected chi connectivity index (χ1v) is 3.02. The maximum absolute atomic E-state index is 8.67. The fourth-order valence-corrected chi connectivity index (χ4v) is 0.215. The summed E-state index contributed by atoms with van der Waals surface area (Å²) >= 11 is -2.61. The van der Waals surface area contributed by atoms with Crippen LogP contribution in [0.2, 0.25) is 0 Å². The Morgan fingerprint density at radius 2 is 1.82 bits per heavy atom. The van der Waals surface area contributed by atoms with Crippen molar-refractivity contribution in [2.75, 3.05) is 0 Å². The Balaban J connectivity index is -0.000000101. The van der Waals surface area contributed by atoms with Gasteiger partial charge in [0.05, 0.1) is 6.33 Å². The lowest BCUT2D eigenvalue weighted by atomic mass is 11.0. The van der Waals surface area contributed by atoms with Crippen LogP contribution < -0.4 is 12.3 Å². The molecule has 0 aliphatic carbocycles. The van der Waals surface area contributed by atoms with Crippen molar-refractivity contribution in [3.05, 3.63) is 18.7 Å². The molecule has 1 heterocycles. The molecule has 0 saturated carbocycles. The van der Waals surface area contributed by atoms with E-state index in [2.05, 4.69) is 9.97 Å². The largest absolute Gasteiger partial charge is 0.351 e. The Kier molecular flexibility index (Phi) is 18.1. The number of imidazole rings is 1. The Labute approximate surface area is 66.5 Å². The molecular weight excluding hydrogens is 172 g/mol. The Morgan fingerprint density at radius 1 is 1.36 bits per heavy atom. The minimum absolute atomic E-state index is 0. The molecule has 0 fully saturated rings. The summed E-state index contributed by atoms with van der Waals surface area (Å²) in [5.41, 5.74) is 0. The summed E-state index contributed by atoms with van der Waals surface area (Å²) in [6.07, 6.45) is 5.08. The highest BCUT2D eigenvalue weighted by Crippen LogP contribution is 1.62. The van der Waals surface area contributed by atoms with Gasteiger partial charge in [-0.25, -0.2) is 4.98 Å². The first-order valence-electron chi connectivity index (χ1n) is 1.96. The van der Waals surface area contributed by atoms with Crippen molar-refractivity contribution in [3.63, 3.8) is 0 Å². The van der Waals surface area contributed by atoms with Crippen molar-refractivity contribution < 1.29 is 13.3 Å². The van der Waals surface area contributed by atoms with Crippen molar-refractivity contribution in [1.82, 2.24) is 22.3 Å². The predicted octanol–water partition coefficient (Wildman–Crippen LogP) is 0.415. The standard InChI is InChI=1S/C3H4N2.2H3N.H2O3S/c1-2-5-3-4-1;;;1-4(2)3/h1-3H,(H,4,5);2*1H3;(H2,1,2,3). The normalized spacial score (nSPS) is 6.82. The van der Waals surface area contributed by atoms with Gasteiger partial charge in [0.1, 0.15) is 0 Å². The van der Waals surface area contributed by atoms with Crippen LogP contribution in [-0.2, 0) is 11.4 Å². The number of rotatable bonds is 0. The maximum Gasteiger partial charge on any atom is 0.299 e. The second-order valence-corrected chi connectivity index (χ2v) is 1.45. The van der Waals surface area contributed by atoms with E-state index in [1.165, 1.54) is 0 Å². The predicted molar refractivity (Wildman–Crippen MR) is 42.0 cm³/mol. The number of nitrogens with one attached hydrogen (secondary N) is 1. The average molecular weight is 184 g/mol. The zero-order valence-corrected chi connectivity index (χ0v) is 6.62. The Hall–Kier alpha value is -0.800. The van der Waals surface area contributed by atoms with Crippen molar-refractivity contribution in [1.29, 1.82) is 0 Å². The second-order valence-electron chi connectivity index (χ2n) is 0.991. The molecule has 0 aliphatic heterocycles. The first kappa shape index (κ1) is 16.7. The molecule has 8 heteroatoms. The van der Waals surface area contributed by atoms with Gasteiger partial charge in [-0.15, -0.1) is 0 Å². The Morgan fingerprint density at radius 3 is 1.91 bits per heavy atom. The monoisotopic (exact) mass is 184 g/mol. The summed E-state index contributed by atoms with van der Waals surface area (Å²) in [5, 5.41) is 0. The van der Waals surface area contributed by atoms with Gasteiger partial charge in [-0.2, -0.15) is 4.21 Å². The molecule has 0 aliphatic rings. The molecule has 0 amide bonds. The van der Waals surface area contributed by atoms with E-state index in [0.29, 0.717) is 0 Å². The van der Waals surface area contributed by atoms with Crippen LogP contribution in [0.25, 0.3) is 0 Å². The minimum Gasteiger partial charge on any atom is -0.351 e. The average Bonchev–Trinajstić information content (AvgIpc) is 2.11. The summed E-state index contributed by atoms with van der Waals surface area (Å²) in [6, 6.07) is 0. The van der Waals surface area contributed by atoms with Crippen molar-refractivity contribution in [2.24, 2.45) is 0 Å². The number of hydrogen-bond acceptors (Lipinski definition) is 4. The van der Waals surface area contributed by atoms with Crippen LogP contribution in [0.15, 0.2) is 18.7 Å². The van der Waals surface area contributed by atoms with Crippen LogP contribution in [0.3, 0.4) is 0 Å². The zero-order valence-electron chi connectivity index (χ0n) is 5.80. The molecule has 0 radical (unpaired) electrons. The molecule has 7 nitrogen and oxygen atoms in total. The molecule has 1 aromatic rings. The second kappa shape index (κ2) is 11.9. The molecule has 11 heavy (non-hydrogen) atoms. The highest BCUT2D eigenvalue weighted by molar-refractivity contribution is 7.73. The number of H-pyrrole nitrogens is 1. The zero-order chi connectivity index (χ0) is 7.11.